The molecule has 26 heavy (non-hydrogen) atoms. The molecule has 0 bridgehead atoms. The highest BCUT2D eigenvalue weighted by atomic mass is 35.5. The molecule has 0 saturated heterocycles. The van der Waals surface area contributed by atoms with Gasteiger partial charge in [0.25, 0.3) is 0 Å². The molecule has 0 unspecified atom stereocenters. The Labute approximate surface area is 157 Å². The molecular formula is C17H12Cl2F2N2O3. The van der Waals surface area contributed by atoms with Crippen LogP contribution in [0.5, 0.6) is 0 Å². The molecule has 1 heterocycles. The normalized spacial score (nSPS) is 12.2. The standard InChI is InChI=1S/C17H12Cl2F2N2O3/c1-2-26-17(25)12(8-22-10-5-3-9(20)4-6-10)14(24)11-7-13(21)16(19)23-15(11)18/h3-8,24H,2H2,1H3/b14-12-,22-8?. The summed E-state index contributed by atoms with van der Waals surface area (Å²) in [6.07, 6.45) is 1.00. The molecule has 1 aromatic heterocycles. The van der Waals surface area contributed by atoms with Crippen LogP contribution in [0.15, 0.2) is 40.9 Å². The Bertz CT molecular complexity index is 884. The van der Waals surface area contributed by atoms with E-state index in [1.54, 1.807) is 6.92 Å². The summed E-state index contributed by atoms with van der Waals surface area (Å²) in [5.74, 6) is -3.00. The summed E-state index contributed by atoms with van der Waals surface area (Å²) in [5.41, 5.74) is -0.337. The SMILES string of the molecule is CCOC(=O)/C(C=Nc1ccc(F)cc1)=C(\O)c1cc(F)c(Cl)nc1Cl. The lowest BCUT2D eigenvalue weighted by Crippen LogP contribution is -2.11. The van der Waals surface area contributed by atoms with E-state index in [0.717, 1.165) is 12.3 Å². The number of esters is 1. The summed E-state index contributed by atoms with van der Waals surface area (Å²) in [6.45, 7) is 1.60. The van der Waals surface area contributed by atoms with Gasteiger partial charge in [-0.15, -0.1) is 0 Å². The third-order valence-electron chi connectivity index (χ3n) is 3.06. The van der Waals surface area contributed by atoms with Gasteiger partial charge in [0.2, 0.25) is 0 Å². The second kappa shape index (κ2) is 8.73. The molecule has 0 aliphatic heterocycles. The van der Waals surface area contributed by atoms with Gasteiger partial charge in [-0.25, -0.2) is 18.6 Å². The summed E-state index contributed by atoms with van der Waals surface area (Å²) in [7, 11) is 0. The number of rotatable bonds is 5. The van der Waals surface area contributed by atoms with E-state index < -0.39 is 28.5 Å². The highest BCUT2D eigenvalue weighted by Gasteiger charge is 2.20. The fourth-order valence-electron chi connectivity index (χ4n) is 1.84. The third-order valence-corrected chi connectivity index (χ3v) is 3.61. The van der Waals surface area contributed by atoms with E-state index >= 15 is 0 Å². The van der Waals surface area contributed by atoms with Crippen molar-refractivity contribution in [3.8, 4) is 0 Å². The Morgan fingerprint density at radius 1 is 1.27 bits per heavy atom. The van der Waals surface area contributed by atoms with Crippen molar-refractivity contribution < 1.29 is 23.4 Å². The lowest BCUT2D eigenvalue weighted by atomic mass is 10.1. The molecule has 1 aromatic carbocycles. The Morgan fingerprint density at radius 3 is 2.54 bits per heavy atom. The maximum Gasteiger partial charge on any atom is 0.343 e. The average molecular weight is 401 g/mol. The first kappa shape index (κ1) is 19.8. The zero-order chi connectivity index (χ0) is 19.3. The van der Waals surface area contributed by atoms with Crippen LogP contribution in [-0.2, 0) is 9.53 Å². The highest BCUT2D eigenvalue weighted by molar-refractivity contribution is 6.34. The van der Waals surface area contributed by atoms with Gasteiger partial charge in [0.15, 0.2) is 11.0 Å². The molecule has 5 nitrogen and oxygen atoms in total. The molecule has 136 valence electrons. The predicted molar refractivity (Wildman–Crippen MR) is 94.9 cm³/mol. The Kier molecular flexibility index (Phi) is 6.65. The van der Waals surface area contributed by atoms with Crippen LogP contribution in [0.4, 0.5) is 14.5 Å². The van der Waals surface area contributed by atoms with Crippen LogP contribution in [0.2, 0.25) is 10.3 Å². The summed E-state index contributed by atoms with van der Waals surface area (Å²) in [4.78, 5) is 19.6. The number of ether oxygens (including phenoxy) is 1. The van der Waals surface area contributed by atoms with E-state index in [2.05, 4.69) is 9.98 Å². The fourth-order valence-corrected chi connectivity index (χ4v) is 2.25. The third kappa shape index (κ3) is 4.77. The van der Waals surface area contributed by atoms with E-state index in [1.165, 1.54) is 24.3 Å². The van der Waals surface area contributed by atoms with Crippen molar-refractivity contribution in [2.45, 2.75) is 6.92 Å². The van der Waals surface area contributed by atoms with Crippen molar-refractivity contribution in [3.05, 3.63) is 63.4 Å². The number of aliphatic hydroxyl groups is 1. The van der Waals surface area contributed by atoms with Gasteiger partial charge in [0, 0.05) is 6.21 Å². The lowest BCUT2D eigenvalue weighted by Gasteiger charge is -2.08. The van der Waals surface area contributed by atoms with E-state index in [9.17, 15) is 18.7 Å². The smallest absolute Gasteiger partial charge is 0.343 e. The van der Waals surface area contributed by atoms with Crippen molar-refractivity contribution >= 4 is 46.8 Å². The van der Waals surface area contributed by atoms with Crippen molar-refractivity contribution in [1.82, 2.24) is 4.98 Å². The molecular weight excluding hydrogens is 389 g/mol. The molecule has 9 heteroatoms. The first-order chi connectivity index (χ1) is 12.3. The van der Waals surface area contributed by atoms with E-state index in [1.807, 2.05) is 0 Å². The molecule has 0 aliphatic rings. The minimum Gasteiger partial charge on any atom is -0.506 e. The zero-order valence-electron chi connectivity index (χ0n) is 13.3. The van der Waals surface area contributed by atoms with E-state index in [4.69, 9.17) is 27.9 Å². The Morgan fingerprint density at radius 2 is 1.92 bits per heavy atom. The van der Waals surface area contributed by atoms with Crippen LogP contribution in [-0.4, -0.2) is 28.9 Å². The minimum absolute atomic E-state index is 0.0287. The monoisotopic (exact) mass is 400 g/mol. The van der Waals surface area contributed by atoms with Gasteiger partial charge in [-0.2, -0.15) is 0 Å². The van der Waals surface area contributed by atoms with Crippen molar-refractivity contribution in [1.29, 1.82) is 0 Å². The van der Waals surface area contributed by atoms with Crippen LogP contribution in [0.25, 0.3) is 5.76 Å². The molecule has 2 rings (SSSR count). The van der Waals surface area contributed by atoms with Gasteiger partial charge in [-0.05, 0) is 37.3 Å². The number of carbonyl (C=O) groups is 1. The average Bonchev–Trinajstić information content (AvgIpc) is 2.60. The topological polar surface area (TPSA) is 71.8 Å². The summed E-state index contributed by atoms with van der Waals surface area (Å²) in [6, 6.07) is 5.91. The number of benzene rings is 1. The van der Waals surface area contributed by atoms with E-state index in [-0.39, 0.29) is 22.9 Å². The first-order valence-corrected chi connectivity index (χ1v) is 8.01. The summed E-state index contributed by atoms with van der Waals surface area (Å²) >= 11 is 11.4. The number of pyridine rings is 1. The van der Waals surface area contributed by atoms with Crippen LogP contribution < -0.4 is 0 Å². The van der Waals surface area contributed by atoms with Crippen molar-refractivity contribution in [2.75, 3.05) is 6.61 Å². The quantitative estimate of drug-likeness (QED) is 0.254. The maximum atomic E-state index is 13.6. The van der Waals surface area contributed by atoms with Gasteiger partial charge in [0.05, 0.1) is 17.9 Å². The van der Waals surface area contributed by atoms with Crippen molar-refractivity contribution in [3.63, 3.8) is 0 Å². The summed E-state index contributed by atoms with van der Waals surface area (Å²) in [5, 5.41) is 9.59. The minimum atomic E-state index is -0.934. The van der Waals surface area contributed by atoms with Crippen LogP contribution in [0, 0.1) is 11.6 Å². The largest absolute Gasteiger partial charge is 0.506 e. The number of aromatic nitrogens is 1. The van der Waals surface area contributed by atoms with Crippen LogP contribution in [0.1, 0.15) is 12.5 Å². The van der Waals surface area contributed by atoms with E-state index in [0.29, 0.717) is 5.69 Å². The molecule has 0 spiro atoms. The molecule has 0 amide bonds. The van der Waals surface area contributed by atoms with Gasteiger partial charge >= 0.3 is 5.97 Å². The second-order valence-electron chi connectivity index (χ2n) is 4.82. The van der Waals surface area contributed by atoms with Gasteiger partial charge in [0.1, 0.15) is 22.3 Å². The van der Waals surface area contributed by atoms with Crippen LogP contribution >= 0.6 is 23.2 Å². The zero-order valence-corrected chi connectivity index (χ0v) is 14.9. The van der Waals surface area contributed by atoms with Gasteiger partial charge < -0.3 is 9.84 Å². The number of hydrogen-bond acceptors (Lipinski definition) is 5. The van der Waals surface area contributed by atoms with Gasteiger partial charge in [-0.3, -0.25) is 4.99 Å². The maximum absolute atomic E-state index is 13.6. The number of aliphatic imine (C=N–C) groups is 1. The first-order valence-electron chi connectivity index (χ1n) is 7.25. The lowest BCUT2D eigenvalue weighted by molar-refractivity contribution is -0.137. The second-order valence-corrected chi connectivity index (χ2v) is 5.53. The van der Waals surface area contributed by atoms with Crippen molar-refractivity contribution in [2.24, 2.45) is 4.99 Å². The Balaban J connectivity index is 2.52. The number of carbonyl (C=O) groups excluding carboxylic acids is 1. The molecule has 0 aliphatic carbocycles. The molecule has 0 radical (unpaired) electrons. The molecule has 0 fully saturated rings. The predicted octanol–water partition coefficient (Wildman–Crippen LogP) is 4.90. The fraction of sp³-hybridized carbons (Fsp3) is 0.118. The highest BCUT2D eigenvalue weighted by Crippen LogP contribution is 2.27. The molecule has 1 N–H and O–H groups in total. The number of aliphatic hydroxyl groups excluding tert-OH is 1. The molecule has 0 saturated carbocycles. The number of nitrogens with zero attached hydrogens (tertiary/aromatic N) is 2. The summed E-state index contributed by atoms with van der Waals surface area (Å²) < 4.78 is 31.4. The van der Waals surface area contributed by atoms with Gasteiger partial charge in [-0.1, -0.05) is 23.2 Å². The molecule has 2 aromatic rings. The number of hydrogen-bond donors (Lipinski definition) is 1. The number of halogens is 4. The van der Waals surface area contributed by atoms with Crippen LogP contribution in [0.3, 0.4) is 0 Å². The Hall–Kier alpha value is -2.51. The molecule has 0 atom stereocenters.